The molecule has 0 saturated heterocycles. The first-order valence-electron chi connectivity index (χ1n) is 7.42. The van der Waals surface area contributed by atoms with Gasteiger partial charge in [0.2, 0.25) is 5.95 Å². The summed E-state index contributed by atoms with van der Waals surface area (Å²) in [5.41, 5.74) is 14.0. The van der Waals surface area contributed by atoms with Crippen molar-refractivity contribution in [2.45, 2.75) is 0 Å². The second kappa shape index (κ2) is 5.58. The second-order valence-corrected chi connectivity index (χ2v) is 5.34. The van der Waals surface area contributed by atoms with Crippen LogP contribution in [-0.4, -0.2) is 19.9 Å². The van der Waals surface area contributed by atoms with Crippen molar-refractivity contribution in [3.63, 3.8) is 0 Å². The van der Waals surface area contributed by atoms with Crippen LogP contribution in [-0.2, 0) is 0 Å². The Kier molecular flexibility index (Phi) is 3.28. The highest BCUT2D eigenvalue weighted by Crippen LogP contribution is 2.21. The van der Waals surface area contributed by atoms with Crippen molar-refractivity contribution in [1.82, 2.24) is 19.9 Å². The van der Waals surface area contributed by atoms with E-state index in [1.54, 1.807) is 6.20 Å². The van der Waals surface area contributed by atoms with E-state index in [0.29, 0.717) is 16.9 Å². The van der Waals surface area contributed by atoms with Gasteiger partial charge in [-0.15, -0.1) is 0 Å². The van der Waals surface area contributed by atoms with E-state index < -0.39 is 0 Å². The molecule has 0 amide bonds. The van der Waals surface area contributed by atoms with E-state index in [1.807, 2.05) is 30.4 Å². The van der Waals surface area contributed by atoms with E-state index in [-0.39, 0.29) is 11.8 Å². The van der Waals surface area contributed by atoms with Crippen LogP contribution >= 0.6 is 0 Å². The summed E-state index contributed by atoms with van der Waals surface area (Å²) in [7, 11) is 0. The van der Waals surface area contributed by atoms with Crippen molar-refractivity contribution in [3.8, 4) is 0 Å². The summed E-state index contributed by atoms with van der Waals surface area (Å²) in [5, 5.41) is 2.37. The van der Waals surface area contributed by atoms with Crippen LogP contribution < -0.4 is 11.5 Å². The minimum absolute atomic E-state index is 0.0911. The van der Waals surface area contributed by atoms with Crippen LogP contribution in [0.2, 0.25) is 0 Å². The fourth-order valence-electron chi connectivity index (χ4n) is 2.61. The Labute approximate surface area is 137 Å². The van der Waals surface area contributed by atoms with E-state index in [0.717, 1.165) is 5.56 Å². The first-order chi connectivity index (χ1) is 11.7. The molecule has 6 nitrogen and oxygen atoms in total. The molecular formula is C18H14N6. The van der Waals surface area contributed by atoms with Gasteiger partial charge in [-0.05, 0) is 22.4 Å². The van der Waals surface area contributed by atoms with Crippen LogP contribution in [0.25, 0.3) is 34.1 Å². The summed E-state index contributed by atoms with van der Waals surface area (Å²) in [6.45, 7) is 0. The molecule has 0 unspecified atom stereocenters. The lowest BCUT2D eigenvalue weighted by Gasteiger charge is -2.03. The van der Waals surface area contributed by atoms with Crippen molar-refractivity contribution in [3.05, 3.63) is 59.9 Å². The molecule has 2 heterocycles. The molecule has 0 atom stereocenters. The molecule has 0 aliphatic heterocycles. The van der Waals surface area contributed by atoms with Crippen molar-refractivity contribution >= 4 is 45.9 Å². The van der Waals surface area contributed by atoms with Gasteiger partial charge in [0.15, 0.2) is 17.0 Å². The van der Waals surface area contributed by atoms with E-state index in [2.05, 4.69) is 44.2 Å². The van der Waals surface area contributed by atoms with Crippen LogP contribution in [0.4, 0.5) is 11.8 Å². The first kappa shape index (κ1) is 14.1. The van der Waals surface area contributed by atoms with Crippen molar-refractivity contribution in [2.24, 2.45) is 0 Å². The Bertz CT molecular complexity index is 1080. The fourth-order valence-corrected chi connectivity index (χ4v) is 2.61. The Morgan fingerprint density at radius 1 is 0.833 bits per heavy atom. The lowest BCUT2D eigenvalue weighted by Crippen LogP contribution is -2.03. The second-order valence-electron chi connectivity index (χ2n) is 5.34. The Morgan fingerprint density at radius 2 is 1.67 bits per heavy atom. The van der Waals surface area contributed by atoms with Gasteiger partial charge in [-0.2, -0.15) is 9.97 Å². The summed E-state index contributed by atoms with van der Waals surface area (Å²) in [5.74, 6) is 0.318. The average molecular weight is 314 g/mol. The van der Waals surface area contributed by atoms with Gasteiger partial charge < -0.3 is 11.5 Å². The van der Waals surface area contributed by atoms with Crippen LogP contribution in [0.1, 0.15) is 11.3 Å². The quantitative estimate of drug-likeness (QED) is 0.589. The highest BCUT2D eigenvalue weighted by atomic mass is 15.1. The highest BCUT2D eigenvalue weighted by Gasteiger charge is 2.06. The number of nitrogens with zero attached hydrogens (tertiary/aromatic N) is 4. The monoisotopic (exact) mass is 314 g/mol. The summed E-state index contributed by atoms with van der Waals surface area (Å²) >= 11 is 0. The molecule has 116 valence electrons. The fraction of sp³-hybridized carbons (Fsp3) is 0. The molecule has 2 aromatic heterocycles. The van der Waals surface area contributed by atoms with E-state index in [4.69, 9.17) is 11.5 Å². The zero-order chi connectivity index (χ0) is 16.5. The van der Waals surface area contributed by atoms with Crippen molar-refractivity contribution in [2.75, 3.05) is 11.5 Å². The molecule has 2 aromatic carbocycles. The molecule has 0 aliphatic rings. The molecule has 0 aliphatic carbocycles. The topological polar surface area (TPSA) is 104 Å². The SMILES string of the molecule is Nc1nc(N)c2nc(/C=C/c3cccc4ccccc34)cnc2n1. The smallest absolute Gasteiger partial charge is 0.224 e. The molecule has 0 bridgehead atoms. The van der Waals surface area contributed by atoms with E-state index in [1.165, 1.54) is 10.8 Å². The average Bonchev–Trinajstić information content (AvgIpc) is 2.60. The molecular weight excluding hydrogens is 300 g/mol. The maximum atomic E-state index is 5.85. The van der Waals surface area contributed by atoms with Gasteiger partial charge in [0, 0.05) is 0 Å². The molecule has 0 spiro atoms. The first-order valence-corrected chi connectivity index (χ1v) is 7.42. The maximum absolute atomic E-state index is 5.85. The maximum Gasteiger partial charge on any atom is 0.224 e. The molecule has 4 rings (SSSR count). The minimum atomic E-state index is 0.0911. The summed E-state index contributed by atoms with van der Waals surface area (Å²) in [4.78, 5) is 16.7. The van der Waals surface area contributed by atoms with Crippen LogP contribution in [0.5, 0.6) is 0 Å². The molecule has 0 saturated carbocycles. The van der Waals surface area contributed by atoms with Crippen molar-refractivity contribution < 1.29 is 0 Å². The van der Waals surface area contributed by atoms with Crippen LogP contribution in [0, 0.1) is 0 Å². The van der Waals surface area contributed by atoms with E-state index in [9.17, 15) is 0 Å². The highest BCUT2D eigenvalue weighted by molar-refractivity contribution is 5.93. The number of aromatic nitrogens is 4. The van der Waals surface area contributed by atoms with Crippen LogP contribution in [0.15, 0.2) is 48.7 Å². The van der Waals surface area contributed by atoms with Gasteiger partial charge in [-0.1, -0.05) is 48.5 Å². The lowest BCUT2D eigenvalue weighted by molar-refractivity contribution is 1.16. The van der Waals surface area contributed by atoms with Gasteiger partial charge in [0.05, 0.1) is 11.9 Å². The predicted octanol–water partition coefficient (Wildman–Crippen LogP) is 2.91. The zero-order valence-electron chi connectivity index (χ0n) is 12.7. The number of rotatable bonds is 2. The van der Waals surface area contributed by atoms with Gasteiger partial charge >= 0.3 is 0 Å². The normalized spacial score (nSPS) is 11.5. The molecule has 0 fully saturated rings. The van der Waals surface area contributed by atoms with Gasteiger partial charge in [0.1, 0.15) is 0 Å². The standard InChI is InChI=1S/C18H14N6/c19-16-15-17(24-18(20)23-16)21-10-13(22-15)9-8-12-6-3-5-11-4-1-2-7-14(11)12/h1-10H,(H4,19,20,21,23,24)/b9-8+. The Hall–Kier alpha value is -3.54. The number of nitrogen functional groups attached to an aromatic ring is 2. The number of nitrogens with two attached hydrogens (primary N) is 2. The summed E-state index contributed by atoms with van der Waals surface area (Å²) in [6.07, 6.45) is 5.53. The van der Waals surface area contributed by atoms with Gasteiger partial charge in [-0.25, -0.2) is 9.97 Å². The zero-order valence-corrected chi connectivity index (χ0v) is 12.7. The third-order valence-corrected chi connectivity index (χ3v) is 3.73. The summed E-state index contributed by atoms with van der Waals surface area (Å²) < 4.78 is 0. The number of hydrogen-bond acceptors (Lipinski definition) is 6. The minimum Gasteiger partial charge on any atom is -0.382 e. The molecule has 0 radical (unpaired) electrons. The molecule has 24 heavy (non-hydrogen) atoms. The lowest BCUT2D eigenvalue weighted by atomic mass is 10.0. The number of hydrogen-bond donors (Lipinski definition) is 2. The Balaban J connectivity index is 1.77. The number of anilines is 2. The predicted molar refractivity (Wildman–Crippen MR) is 96.8 cm³/mol. The summed E-state index contributed by atoms with van der Waals surface area (Å²) in [6, 6.07) is 14.4. The van der Waals surface area contributed by atoms with Gasteiger partial charge in [-0.3, -0.25) is 0 Å². The number of fused-ring (bicyclic) bond motifs is 2. The van der Waals surface area contributed by atoms with E-state index >= 15 is 0 Å². The molecule has 6 heteroatoms. The number of benzene rings is 2. The van der Waals surface area contributed by atoms with Crippen molar-refractivity contribution in [1.29, 1.82) is 0 Å². The molecule has 4 aromatic rings. The molecule has 4 N–H and O–H groups in total. The third kappa shape index (κ3) is 2.50. The van der Waals surface area contributed by atoms with Gasteiger partial charge in [0.25, 0.3) is 0 Å². The third-order valence-electron chi connectivity index (χ3n) is 3.73. The largest absolute Gasteiger partial charge is 0.382 e. The van der Waals surface area contributed by atoms with Crippen LogP contribution in [0.3, 0.4) is 0 Å². The Morgan fingerprint density at radius 3 is 2.58 bits per heavy atom.